The normalized spacial score (nSPS) is 10.3. The molecule has 0 heterocycles. The number of nitrogen functional groups attached to an aromatic ring is 1. The first kappa shape index (κ1) is 14.5. The number of nitrogens with two attached hydrogens (primary N) is 1. The SMILES string of the molecule is Cc1c(N)cc(C(=O)NCc2cccc(Br)c2)cc1F. The lowest BCUT2D eigenvalue weighted by Crippen LogP contribution is -2.23. The minimum Gasteiger partial charge on any atom is -0.398 e. The predicted octanol–water partition coefficient (Wildman–Crippen LogP) is 3.41. The van der Waals surface area contributed by atoms with Crippen LogP contribution in [0.5, 0.6) is 0 Å². The van der Waals surface area contributed by atoms with Crippen LogP contribution in [0.3, 0.4) is 0 Å². The van der Waals surface area contributed by atoms with E-state index in [4.69, 9.17) is 5.73 Å². The number of nitrogens with one attached hydrogen (secondary N) is 1. The summed E-state index contributed by atoms with van der Waals surface area (Å²) < 4.78 is 14.5. The van der Waals surface area contributed by atoms with Gasteiger partial charge in [0.15, 0.2) is 0 Å². The summed E-state index contributed by atoms with van der Waals surface area (Å²) >= 11 is 3.36. The van der Waals surface area contributed by atoms with Gasteiger partial charge in [0.25, 0.3) is 5.91 Å². The molecule has 0 spiro atoms. The van der Waals surface area contributed by atoms with Crippen molar-refractivity contribution < 1.29 is 9.18 Å². The van der Waals surface area contributed by atoms with E-state index in [-0.39, 0.29) is 17.2 Å². The summed E-state index contributed by atoms with van der Waals surface area (Å²) in [6, 6.07) is 10.3. The van der Waals surface area contributed by atoms with E-state index in [9.17, 15) is 9.18 Å². The van der Waals surface area contributed by atoms with Crippen molar-refractivity contribution in [3.63, 3.8) is 0 Å². The van der Waals surface area contributed by atoms with Crippen molar-refractivity contribution in [1.29, 1.82) is 0 Å². The van der Waals surface area contributed by atoms with Crippen LogP contribution < -0.4 is 11.1 Å². The molecule has 1 amide bonds. The Bertz CT molecular complexity index is 635. The highest BCUT2D eigenvalue weighted by Crippen LogP contribution is 2.17. The van der Waals surface area contributed by atoms with Crippen molar-refractivity contribution in [2.45, 2.75) is 13.5 Å². The number of halogens is 2. The second-order valence-electron chi connectivity index (χ2n) is 4.48. The number of carbonyl (C=O) groups excluding carboxylic acids is 1. The maximum Gasteiger partial charge on any atom is 0.251 e. The second-order valence-corrected chi connectivity index (χ2v) is 5.40. The number of rotatable bonds is 3. The molecular weight excluding hydrogens is 323 g/mol. The lowest BCUT2D eigenvalue weighted by Gasteiger charge is -2.08. The first-order valence-electron chi connectivity index (χ1n) is 6.05. The number of anilines is 1. The Balaban J connectivity index is 2.09. The van der Waals surface area contributed by atoms with E-state index in [0.717, 1.165) is 10.0 Å². The van der Waals surface area contributed by atoms with Crippen LogP contribution >= 0.6 is 15.9 Å². The highest BCUT2D eigenvalue weighted by molar-refractivity contribution is 9.10. The minimum atomic E-state index is -0.474. The largest absolute Gasteiger partial charge is 0.398 e. The molecule has 0 aliphatic heterocycles. The van der Waals surface area contributed by atoms with Gasteiger partial charge in [-0.25, -0.2) is 4.39 Å². The van der Waals surface area contributed by atoms with E-state index < -0.39 is 5.82 Å². The van der Waals surface area contributed by atoms with Gasteiger partial charge in [-0.05, 0) is 36.8 Å². The van der Waals surface area contributed by atoms with Crippen molar-refractivity contribution in [3.8, 4) is 0 Å². The van der Waals surface area contributed by atoms with Crippen molar-refractivity contribution in [1.82, 2.24) is 5.32 Å². The Morgan fingerprint density at radius 3 is 2.75 bits per heavy atom. The lowest BCUT2D eigenvalue weighted by atomic mass is 10.1. The lowest BCUT2D eigenvalue weighted by molar-refractivity contribution is 0.0950. The second kappa shape index (κ2) is 6.05. The third-order valence-electron chi connectivity index (χ3n) is 2.99. The summed E-state index contributed by atoms with van der Waals surface area (Å²) in [6.45, 7) is 1.95. The van der Waals surface area contributed by atoms with Gasteiger partial charge in [-0.15, -0.1) is 0 Å². The summed E-state index contributed by atoms with van der Waals surface area (Å²) in [5.74, 6) is -0.826. The van der Waals surface area contributed by atoms with Gasteiger partial charge >= 0.3 is 0 Å². The third-order valence-corrected chi connectivity index (χ3v) is 3.48. The quantitative estimate of drug-likeness (QED) is 0.844. The Kier molecular flexibility index (Phi) is 4.39. The van der Waals surface area contributed by atoms with Gasteiger partial charge in [-0.1, -0.05) is 28.1 Å². The molecule has 0 radical (unpaired) electrons. The number of benzene rings is 2. The molecule has 0 aliphatic rings. The zero-order valence-corrected chi connectivity index (χ0v) is 12.5. The van der Waals surface area contributed by atoms with Crippen LogP contribution in [0.2, 0.25) is 0 Å². The smallest absolute Gasteiger partial charge is 0.251 e. The average molecular weight is 337 g/mol. The van der Waals surface area contributed by atoms with Gasteiger partial charge in [0.2, 0.25) is 0 Å². The molecule has 5 heteroatoms. The molecule has 2 rings (SSSR count). The fraction of sp³-hybridized carbons (Fsp3) is 0.133. The van der Waals surface area contributed by atoms with Crippen LogP contribution in [0.1, 0.15) is 21.5 Å². The summed E-state index contributed by atoms with van der Waals surface area (Å²) in [4.78, 5) is 12.0. The average Bonchev–Trinajstić information content (AvgIpc) is 2.41. The van der Waals surface area contributed by atoms with Gasteiger partial charge in [-0.3, -0.25) is 4.79 Å². The molecule has 0 bridgehead atoms. The van der Waals surface area contributed by atoms with E-state index in [2.05, 4.69) is 21.2 Å². The van der Waals surface area contributed by atoms with Crippen LogP contribution in [-0.2, 0) is 6.54 Å². The molecule has 2 aromatic carbocycles. The molecule has 0 fully saturated rings. The van der Waals surface area contributed by atoms with Crippen LogP contribution in [0.25, 0.3) is 0 Å². The molecule has 3 nitrogen and oxygen atoms in total. The van der Waals surface area contributed by atoms with Crippen LogP contribution in [-0.4, -0.2) is 5.91 Å². The Hall–Kier alpha value is -1.88. The van der Waals surface area contributed by atoms with E-state index in [1.54, 1.807) is 6.92 Å². The first-order chi connectivity index (χ1) is 9.47. The fourth-order valence-corrected chi connectivity index (χ4v) is 2.21. The summed E-state index contributed by atoms with van der Waals surface area (Å²) in [7, 11) is 0. The molecular formula is C15H14BrFN2O. The minimum absolute atomic E-state index is 0.223. The molecule has 0 atom stereocenters. The van der Waals surface area contributed by atoms with Gasteiger partial charge in [-0.2, -0.15) is 0 Å². The van der Waals surface area contributed by atoms with Gasteiger partial charge in [0.05, 0.1) is 0 Å². The zero-order chi connectivity index (χ0) is 14.7. The standard InChI is InChI=1S/C15H14BrFN2O/c1-9-13(17)6-11(7-14(9)18)15(20)19-8-10-3-2-4-12(16)5-10/h2-7H,8,18H2,1H3,(H,19,20). The van der Waals surface area contributed by atoms with Gasteiger partial charge in [0.1, 0.15) is 5.82 Å². The monoisotopic (exact) mass is 336 g/mol. The fourth-order valence-electron chi connectivity index (χ4n) is 1.76. The molecule has 0 saturated carbocycles. The molecule has 0 saturated heterocycles. The first-order valence-corrected chi connectivity index (χ1v) is 6.85. The molecule has 0 aromatic heterocycles. The van der Waals surface area contributed by atoms with E-state index in [0.29, 0.717) is 12.1 Å². The van der Waals surface area contributed by atoms with E-state index in [1.807, 2.05) is 24.3 Å². The third kappa shape index (κ3) is 3.36. The van der Waals surface area contributed by atoms with Crippen molar-refractivity contribution in [3.05, 3.63) is 63.4 Å². The highest BCUT2D eigenvalue weighted by Gasteiger charge is 2.10. The van der Waals surface area contributed by atoms with Crippen molar-refractivity contribution >= 4 is 27.5 Å². The van der Waals surface area contributed by atoms with Gasteiger partial charge in [0, 0.05) is 27.8 Å². The van der Waals surface area contributed by atoms with Crippen molar-refractivity contribution in [2.75, 3.05) is 5.73 Å². The van der Waals surface area contributed by atoms with E-state index in [1.165, 1.54) is 12.1 Å². The van der Waals surface area contributed by atoms with Crippen LogP contribution in [0.4, 0.5) is 10.1 Å². The number of carbonyl (C=O) groups is 1. The summed E-state index contributed by atoms with van der Waals surface area (Å²) in [5.41, 5.74) is 7.47. The topological polar surface area (TPSA) is 55.1 Å². The number of amides is 1. The van der Waals surface area contributed by atoms with Gasteiger partial charge < -0.3 is 11.1 Å². The van der Waals surface area contributed by atoms with Crippen molar-refractivity contribution in [2.24, 2.45) is 0 Å². The molecule has 3 N–H and O–H groups in total. The molecule has 0 aliphatic carbocycles. The number of hydrogen-bond donors (Lipinski definition) is 2. The van der Waals surface area contributed by atoms with Crippen LogP contribution in [0.15, 0.2) is 40.9 Å². The van der Waals surface area contributed by atoms with E-state index >= 15 is 0 Å². The zero-order valence-electron chi connectivity index (χ0n) is 10.9. The highest BCUT2D eigenvalue weighted by atomic mass is 79.9. The maximum atomic E-state index is 13.6. The predicted molar refractivity (Wildman–Crippen MR) is 80.9 cm³/mol. The molecule has 0 unspecified atom stereocenters. The maximum absolute atomic E-state index is 13.6. The summed E-state index contributed by atoms with van der Waals surface area (Å²) in [5, 5.41) is 2.73. The Labute approximate surface area is 125 Å². The molecule has 104 valence electrons. The molecule has 2 aromatic rings. The summed E-state index contributed by atoms with van der Waals surface area (Å²) in [6.07, 6.45) is 0. The Morgan fingerprint density at radius 1 is 1.35 bits per heavy atom. The molecule has 20 heavy (non-hydrogen) atoms. The number of hydrogen-bond acceptors (Lipinski definition) is 2. The van der Waals surface area contributed by atoms with Crippen LogP contribution in [0, 0.1) is 12.7 Å². The Morgan fingerprint density at radius 2 is 2.10 bits per heavy atom.